The number of nitrogens with zero attached hydrogens (tertiary/aromatic N) is 1. The highest BCUT2D eigenvalue weighted by molar-refractivity contribution is 6.17. The second-order valence-electron chi connectivity index (χ2n) is 7.92. The molecule has 4 heteroatoms. The molecule has 1 aromatic carbocycles. The highest BCUT2D eigenvalue weighted by atomic mass is 16.4. The van der Waals surface area contributed by atoms with Gasteiger partial charge in [0.1, 0.15) is 12.5 Å². The van der Waals surface area contributed by atoms with Crippen molar-refractivity contribution < 1.29 is 19.2 Å². The van der Waals surface area contributed by atoms with Gasteiger partial charge in [-0.1, -0.05) is 88.6 Å². The first kappa shape index (κ1) is 25.3. The molecule has 4 nitrogen and oxygen atoms in total. The summed E-state index contributed by atoms with van der Waals surface area (Å²) >= 11 is 0. The van der Waals surface area contributed by atoms with Crippen LogP contribution in [0.3, 0.4) is 0 Å². The molecule has 0 saturated carbocycles. The maximum atomic E-state index is 8.89. The van der Waals surface area contributed by atoms with E-state index in [9.17, 15) is 0 Å². The molecule has 0 unspecified atom stereocenters. The number of hydrogen-bond donors (Lipinski definition) is 0. The molecule has 0 bridgehead atoms. The molecule has 0 radical (unpaired) electrons. The van der Waals surface area contributed by atoms with Crippen LogP contribution < -0.4 is 5.11 Å². The van der Waals surface area contributed by atoms with Crippen LogP contribution in [-0.4, -0.2) is 37.4 Å². The monoisotopic (exact) mass is 377 g/mol. The van der Waals surface area contributed by atoms with Gasteiger partial charge < -0.3 is 14.4 Å². The standard InChI is InChI=1S/C21H38N.C2H2O3/c1-4-5-6-7-8-9-10-11-12-16-19-22(2,3)20-21-17-14-13-15-18-21;3-1-2(4)5/h13-15,17-18H,4-12,16,19-20H2,1-3H3;1H,(H,4,5)/q+1;/p-1. The number of hydrogen-bond acceptors (Lipinski definition) is 3. The topological polar surface area (TPSA) is 57.2 Å². The summed E-state index contributed by atoms with van der Waals surface area (Å²) in [6.45, 7) is 4.74. The third kappa shape index (κ3) is 17.5. The summed E-state index contributed by atoms with van der Waals surface area (Å²) in [4.78, 5) is 17.7. The Labute approximate surface area is 166 Å². The molecule has 0 aliphatic carbocycles. The second-order valence-corrected chi connectivity index (χ2v) is 7.92. The summed E-state index contributed by atoms with van der Waals surface area (Å²) in [6.07, 6.45) is 14.0. The maximum Gasteiger partial charge on any atom is 0.165 e. The van der Waals surface area contributed by atoms with E-state index in [4.69, 9.17) is 14.7 Å². The van der Waals surface area contributed by atoms with Gasteiger partial charge in [-0.2, -0.15) is 0 Å². The zero-order valence-electron chi connectivity index (χ0n) is 17.6. The van der Waals surface area contributed by atoms with E-state index in [2.05, 4.69) is 51.4 Å². The molecule has 0 atom stereocenters. The summed E-state index contributed by atoms with van der Waals surface area (Å²) in [6, 6.07) is 10.9. The van der Waals surface area contributed by atoms with Gasteiger partial charge in [0.05, 0.1) is 20.6 Å². The maximum absolute atomic E-state index is 8.89. The Morgan fingerprint density at radius 3 is 1.78 bits per heavy atom. The summed E-state index contributed by atoms with van der Waals surface area (Å²) in [7, 11) is 4.72. The lowest BCUT2D eigenvalue weighted by Crippen LogP contribution is -2.39. The third-order valence-electron chi connectivity index (χ3n) is 4.67. The van der Waals surface area contributed by atoms with Crippen molar-refractivity contribution in [3.05, 3.63) is 35.9 Å². The van der Waals surface area contributed by atoms with E-state index >= 15 is 0 Å². The second kappa shape index (κ2) is 16.5. The molecular weight excluding hydrogens is 338 g/mol. The van der Waals surface area contributed by atoms with Gasteiger partial charge >= 0.3 is 0 Å². The Hall–Kier alpha value is -1.68. The van der Waals surface area contributed by atoms with E-state index in [1.54, 1.807) is 0 Å². The lowest BCUT2D eigenvalue weighted by molar-refractivity contribution is -0.903. The molecule has 0 amide bonds. The first-order valence-corrected chi connectivity index (χ1v) is 10.4. The van der Waals surface area contributed by atoms with E-state index in [-0.39, 0.29) is 6.29 Å². The first-order chi connectivity index (χ1) is 12.9. The Morgan fingerprint density at radius 2 is 1.33 bits per heavy atom. The Kier molecular flexibility index (Phi) is 15.5. The lowest BCUT2D eigenvalue weighted by atomic mass is 10.1. The number of aliphatic carboxylic acids is 1. The summed E-state index contributed by atoms with van der Waals surface area (Å²) < 4.78 is 1.11. The van der Waals surface area contributed by atoms with Crippen LogP contribution in [0.2, 0.25) is 0 Å². The largest absolute Gasteiger partial charge is 0.542 e. The molecule has 0 N–H and O–H groups in total. The van der Waals surface area contributed by atoms with Gasteiger partial charge in [0.25, 0.3) is 0 Å². The van der Waals surface area contributed by atoms with Crippen LogP contribution in [0.4, 0.5) is 0 Å². The molecule has 1 rings (SSSR count). The number of carbonyl (C=O) groups excluding carboxylic acids is 2. The van der Waals surface area contributed by atoms with E-state index in [0.717, 1.165) is 11.0 Å². The van der Waals surface area contributed by atoms with Crippen LogP contribution in [0.5, 0.6) is 0 Å². The lowest BCUT2D eigenvalue weighted by Gasteiger charge is -2.30. The van der Waals surface area contributed by atoms with E-state index in [0.29, 0.717) is 0 Å². The number of carbonyl (C=O) groups is 2. The van der Waals surface area contributed by atoms with Crippen LogP contribution in [0.1, 0.15) is 76.7 Å². The molecule has 0 fully saturated rings. The molecule has 0 spiro atoms. The molecule has 0 saturated heterocycles. The molecular formula is C23H39NO3. The minimum atomic E-state index is -1.68. The number of carboxylic acids is 1. The number of aldehydes is 1. The number of quaternary nitrogens is 1. The van der Waals surface area contributed by atoms with Crippen molar-refractivity contribution in [3.63, 3.8) is 0 Å². The number of unbranched alkanes of at least 4 members (excludes halogenated alkanes) is 9. The minimum absolute atomic E-state index is 0.278. The van der Waals surface area contributed by atoms with Gasteiger partial charge in [-0.25, -0.2) is 0 Å². The fourth-order valence-electron chi connectivity index (χ4n) is 3.18. The van der Waals surface area contributed by atoms with Crippen molar-refractivity contribution in [3.8, 4) is 0 Å². The Morgan fingerprint density at radius 1 is 0.889 bits per heavy atom. The molecule has 154 valence electrons. The van der Waals surface area contributed by atoms with Crippen LogP contribution >= 0.6 is 0 Å². The summed E-state index contributed by atoms with van der Waals surface area (Å²) in [5.41, 5.74) is 1.46. The van der Waals surface area contributed by atoms with Gasteiger partial charge in [0.15, 0.2) is 6.29 Å². The molecule has 0 aliphatic rings. The van der Waals surface area contributed by atoms with E-state index < -0.39 is 5.97 Å². The van der Waals surface area contributed by atoms with E-state index in [1.807, 2.05) is 0 Å². The Balaban J connectivity index is 0.00000119. The molecule has 0 aromatic heterocycles. The molecule has 0 heterocycles. The van der Waals surface area contributed by atoms with Crippen LogP contribution in [0.25, 0.3) is 0 Å². The van der Waals surface area contributed by atoms with Crippen LogP contribution in [0, 0.1) is 0 Å². The zero-order chi connectivity index (χ0) is 20.4. The van der Waals surface area contributed by atoms with Gasteiger partial charge in [0.2, 0.25) is 0 Å². The number of rotatable bonds is 14. The van der Waals surface area contributed by atoms with Crippen molar-refractivity contribution >= 4 is 12.3 Å². The van der Waals surface area contributed by atoms with Crippen molar-refractivity contribution in [2.45, 2.75) is 77.7 Å². The predicted molar refractivity (Wildman–Crippen MR) is 110 cm³/mol. The normalized spacial score (nSPS) is 10.8. The average Bonchev–Trinajstić information content (AvgIpc) is 2.64. The molecule has 27 heavy (non-hydrogen) atoms. The first-order valence-electron chi connectivity index (χ1n) is 10.4. The highest BCUT2D eigenvalue weighted by Crippen LogP contribution is 2.13. The predicted octanol–water partition coefficient (Wildman–Crippen LogP) is 4.12. The van der Waals surface area contributed by atoms with Gasteiger partial charge in [-0.3, -0.25) is 4.79 Å². The van der Waals surface area contributed by atoms with Crippen LogP contribution in [-0.2, 0) is 16.1 Å². The van der Waals surface area contributed by atoms with E-state index in [1.165, 1.54) is 76.3 Å². The zero-order valence-corrected chi connectivity index (χ0v) is 17.6. The fourth-order valence-corrected chi connectivity index (χ4v) is 3.18. The van der Waals surface area contributed by atoms with Gasteiger partial charge in [-0.15, -0.1) is 0 Å². The van der Waals surface area contributed by atoms with Crippen molar-refractivity contribution in [1.82, 2.24) is 0 Å². The quantitative estimate of drug-likeness (QED) is 0.212. The molecule has 0 aliphatic heterocycles. The highest BCUT2D eigenvalue weighted by Gasteiger charge is 2.14. The number of benzene rings is 1. The van der Waals surface area contributed by atoms with Crippen molar-refractivity contribution in [2.24, 2.45) is 0 Å². The minimum Gasteiger partial charge on any atom is -0.542 e. The average molecular weight is 378 g/mol. The molecule has 1 aromatic rings. The van der Waals surface area contributed by atoms with Crippen molar-refractivity contribution in [2.75, 3.05) is 20.6 Å². The van der Waals surface area contributed by atoms with Crippen LogP contribution in [0.15, 0.2) is 30.3 Å². The smallest absolute Gasteiger partial charge is 0.165 e. The summed E-state index contributed by atoms with van der Waals surface area (Å²) in [5, 5.41) is 8.89. The summed E-state index contributed by atoms with van der Waals surface area (Å²) in [5.74, 6) is -1.68. The van der Waals surface area contributed by atoms with Gasteiger partial charge in [-0.05, 0) is 12.8 Å². The van der Waals surface area contributed by atoms with Gasteiger partial charge in [0, 0.05) is 5.56 Å². The SMILES string of the molecule is CCCCCCCCCCCC[N+](C)(C)Cc1ccccc1.O=CC(=O)[O-]. The number of carboxylic acid groups (broad SMARTS) is 1. The fraction of sp³-hybridized carbons (Fsp3) is 0.652. The van der Waals surface area contributed by atoms with Crippen molar-refractivity contribution in [1.29, 1.82) is 0 Å². The third-order valence-corrected chi connectivity index (χ3v) is 4.67. The Bertz CT molecular complexity index is 486.